The Hall–Kier alpha value is -2.83. The number of carbonyl (C=O) groups is 2. The van der Waals surface area contributed by atoms with Crippen molar-refractivity contribution in [3.8, 4) is 0 Å². The number of anilines is 1. The molecule has 1 aliphatic rings. The number of hydrogen-bond donors (Lipinski definition) is 1. The Morgan fingerprint density at radius 3 is 2.80 bits per heavy atom. The number of nitrogens with one attached hydrogen (secondary N) is 1. The van der Waals surface area contributed by atoms with E-state index in [1.54, 1.807) is 18.3 Å². The van der Waals surface area contributed by atoms with Crippen LogP contribution in [0, 0.1) is 6.92 Å². The van der Waals surface area contributed by atoms with E-state index in [4.69, 9.17) is 0 Å². The van der Waals surface area contributed by atoms with Crippen LogP contribution in [0.25, 0.3) is 0 Å². The van der Waals surface area contributed by atoms with Gasteiger partial charge in [-0.3, -0.25) is 9.59 Å². The second-order valence-corrected chi connectivity index (χ2v) is 6.23. The summed E-state index contributed by atoms with van der Waals surface area (Å²) in [5.74, 6) is 1.09. The van der Waals surface area contributed by atoms with Gasteiger partial charge in [0.1, 0.15) is 11.6 Å². The maximum atomic E-state index is 12.8. The fourth-order valence-electron chi connectivity index (χ4n) is 3.10. The van der Waals surface area contributed by atoms with Crippen molar-refractivity contribution in [2.75, 3.05) is 18.4 Å². The number of rotatable bonds is 3. The van der Waals surface area contributed by atoms with E-state index in [1.807, 2.05) is 17.9 Å². The number of hydrogen-bond acceptors (Lipinski definition) is 5. The quantitative estimate of drug-likeness (QED) is 0.926. The Balaban J connectivity index is 1.75. The highest BCUT2D eigenvalue weighted by atomic mass is 16.2. The van der Waals surface area contributed by atoms with Crippen LogP contribution in [0.5, 0.6) is 0 Å². The van der Waals surface area contributed by atoms with Gasteiger partial charge in [0, 0.05) is 49.6 Å². The molecule has 7 nitrogen and oxygen atoms in total. The summed E-state index contributed by atoms with van der Waals surface area (Å²) >= 11 is 0. The molecule has 0 radical (unpaired) electrons. The van der Waals surface area contributed by atoms with Gasteiger partial charge in [0.15, 0.2) is 0 Å². The van der Waals surface area contributed by atoms with Gasteiger partial charge < -0.3 is 10.2 Å². The van der Waals surface area contributed by atoms with Crippen molar-refractivity contribution in [2.24, 2.45) is 0 Å². The van der Waals surface area contributed by atoms with Crippen molar-refractivity contribution in [1.29, 1.82) is 0 Å². The number of amides is 2. The number of carbonyl (C=O) groups excluding carboxylic acids is 2. The number of likely N-dealkylation sites (tertiary alicyclic amines) is 1. The molecule has 0 aliphatic carbocycles. The molecule has 0 aromatic carbocycles. The molecular formula is C18H21N5O2. The van der Waals surface area contributed by atoms with E-state index in [0.29, 0.717) is 17.9 Å². The summed E-state index contributed by atoms with van der Waals surface area (Å²) in [6.45, 7) is 4.63. The molecule has 2 aromatic rings. The molecule has 1 fully saturated rings. The Morgan fingerprint density at radius 2 is 2.04 bits per heavy atom. The zero-order chi connectivity index (χ0) is 17.8. The lowest BCUT2D eigenvalue weighted by Gasteiger charge is -2.32. The summed E-state index contributed by atoms with van der Waals surface area (Å²) in [4.78, 5) is 38.5. The normalized spacial score (nSPS) is 17.2. The SMILES string of the molecule is CC(=O)Nc1cc(C(=O)N2CCC[C@@H](c3ccnc(C)n3)C2)ccn1. The number of pyridine rings is 1. The topological polar surface area (TPSA) is 88.1 Å². The molecule has 1 N–H and O–H groups in total. The van der Waals surface area contributed by atoms with Crippen LogP contribution >= 0.6 is 0 Å². The van der Waals surface area contributed by atoms with Crippen molar-refractivity contribution in [3.63, 3.8) is 0 Å². The van der Waals surface area contributed by atoms with E-state index < -0.39 is 0 Å². The molecule has 1 saturated heterocycles. The van der Waals surface area contributed by atoms with Gasteiger partial charge in [0.05, 0.1) is 0 Å². The Bertz CT molecular complexity index is 793. The fourth-order valence-corrected chi connectivity index (χ4v) is 3.10. The molecule has 0 unspecified atom stereocenters. The molecule has 0 bridgehead atoms. The fraction of sp³-hybridized carbons (Fsp3) is 0.389. The average molecular weight is 339 g/mol. The summed E-state index contributed by atoms with van der Waals surface area (Å²) in [7, 11) is 0. The number of piperidine rings is 1. The first-order valence-electron chi connectivity index (χ1n) is 8.35. The predicted molar refractivity (Wildman–Crippen MR) is 93.2 cm³/mol. The van der Waals surface area contributed by atoms with Gasteiger partial charge in [0.25, 0.3) is 5.91 Å². The van der Waals surface area contributed by atoms with E-state index in [9.17, 15) is 9.59 Å². The van der Waals surface area contributed by atoms with Crippen LogP contribution in [0.2, 0.25) is 0 Å². The molecule has 25 heavy (non-hydrogen) atoms. The molecule has 0 spiro atoms. The number of nitrogens with zero attached hydrogens (tertiary/aromatic N) is 4. The molecule has 0 saturated carbocycles. The van der Waals surface area contributed by atoms with Crippen molar-refractivity contribution < 1.29 is 9.59 Å². The molecule has 130 valence electrons. The van der Waals surface area contributed by atoms with Crippen LogP contribution in [0.15, 0.2) is 30.6 Å². The van der Waals surface area contributed by atoms with Crippen molar-refractivity contribution in [3.05, 3.63) is 47.7 Å². The van der Waals surface area contributed by atoms with E-state index in [1.165, 1.54) is 13.1 Å². The summed E-state index contributed by atoms with van der Waals surface area (Å²) in [6.07, 6.45) is 5.24. The third-order valence-electron chi connectivity index (χ3n) is 4.24. The highest BCUT2D eigenvalue weighted by molar-refractivity contribution is 5.96. The van der Waals surface area contributed by atoms with Gasteiger partial charge in [-0.25, -0.2) is 15.0 Å². The highest BCUT2D eigenvalue weighted by Gasteiger charge is 2.26. The summed E-state index contributed by atoms with van der Waals surface area (Å²) in [6, 6.07) is 5.21. The van der Waals surface area contributed by atoms with Gasteiger partial charge in [-0.05, 0) is 38.0 Å². The van der Waals surface area contributed by atoms with Gasteiger partial charge in [-0.1, -0.05) is 0 Å². The van der Waals surface area contributed by atoms with Gasteiger partial charge in [-0.2, -0.15) is 0 Å². The highest BCUT2D eigenvalue weighted by Crippen LogP contribution is 2.26. The van der Waals surface area contributed by atoms with E-state index in [0.717, 1.165) is 30.9 Å². The largest absolute Gasteiger partial charge is 0.338 e. The molecule has 1 aliphatic heterocycles. The number of aryl methyl sites for hydroxylation is 1. The third kappa shape index (κ3) is 4.17. The Labute approximate surface area is 146 Å². The van der Waals surface area contributed by atoms with Crippen LogP contribution in [0.3, 0.4) is 0 Å². The van der Waals surface area contributed by atoms with Crippen LogP contribution < -0.4 is 5.32 Å². The molecule has 2 amide bonds. The maximum Gasteiger partial charge on any atom is 0.254 e. The molecule has 1 atom stereocenters. The van der Waals surface area contributed by atoms with Crippen molar-refractivity contribution in [1.82, 2.24) is 19.9 Å². The summed E-state index contributed by atoms with van der Waals surface area (Å²) in [5.41, 5.74) is 1.51. The van der Waals surface area contributed by atoms with Crippen LogP contribution in [0.1, 0.15) is 47.6 Å². The van der Waals surface area contributed by atoms with Crippen molar-refractivity contribution in [2.45, 2.75) is 32.6 Å². The Morgan fingerprint density at radius 1 is 1.24 bits per heavy atom. The van der Waals surface area contributed by atoms with Gasteiger partial charge >= 0.3 is 0 Å². The number of aromatic nitrogens is 3. The van der Waals surface area contributed by atoms with E-state index in [2.05, 4.69) is 20.3 Å². The molecular weight excluding hydrogens is 318 g/mol. The minimum atomic E-state index is -0.214. The zero-order valence-electron chi connectivity index (χ0n) is 14.4. The molecule has 2 aromatic heterocycles. The molecule has 7 heteroatoms. The standard InChI is InChI=1S/C18H21N5O2/c1-12-19-8-6-16(21-12)15-4-3-9-23(11-15)18(25)14-5-7-20-17(10-14)22-13(2)24/h5-8,10,15H,3-4,9,11H2,1-2H3,(H,20,22,24)/t15-/m1/s1. The van der Waals surface area contributed by atoms with Gasteiger partial charge in [-0.15, -0.1) is 0 Å². The van der Waals surface area contributed by atoms with Crippen LogP contribution in [0.4, 0.5) is 5.82 Å². The average Bonchev–Trinajstić information content (AvgIpc) is 2.61. The smallest absolute Gasteiger partial charge is 0.254 e. The lowest BCUT2D eigenvalue weighted by Crippen LogP contribution is -2.39. The Kier molecular flexibility index (Phi) is 5.02. The first-order chi connectivity index (χ1) is 12.0. The first-order valence-corrected chi connectivity index (χ1v) is 8.35. The third-order valence-corrected chi connectivity index (χ3v) is 4.24. The van der Waals surface area contributed by atoms with Gasteiger partial charge in [0.2, 0.25) is 5.91 Å². The minimum absolute atomic E-state index is 0.0514. The summed E-state index contributed by atoms with van der Waals surface area (Å²) in [5, 5.41) is 2.61. The monoisotopic (exact) mass is 339 g/mol. The molecule has 3 heterocycles. The van der Waals surface area contributed by atoms with E-state index >= 15 is 0 Å². The lowest BCUT2D eigenvalue weighted by molar-refractivity contribution is -0.114. The zero-order valence-corrected chi connectivity index (χ0v) is 14.4. The maximum absolute atomic E-state index is 12.8. The molecule has 3 rings (SSSR count). The summed E-state index contributed by atoms with van der Waals surface area (Å²) < 4.78 is 0. The van der Waals surface area contributed by atoms with Crippen LogP contribution in [-0.2, 0) is 4.79 Å². The minimum Gasteiger partial charge on any atom is -0.338 e. The predicted octanol–water partition coefficient (Wildman–Crippen LogP) is 2.16. The van der Waals surface area contributed by atoms with E-state index in [-0.39, 0.29) is 17.7 Å². The van der Waals surface area contributed by atoms with Crippen LogP contribution in [-0.4, -0.2) is 44.8 Å². The van der Waals surface area contributed by atoms with Crippen molar-refractivity contribution >= 4 is 17.6 Å². The lowest BCUT2D eigenvalue weighted by atomic mass is 9.94. The second kappa shape index (κ2) is 7.38. The second-order valence-electron chi connectivity index (χ2n) is 6.23. The first kappa shape index (κ1) is 17.0.